The molecule has 0 spiro atoms. The minimum absolute atomic E-state index is 0.0946. The molecule has 2 heterocycles. The molecule has 1 aromatic heterocycles. The van der Waals surface area contributed by atoms with Crippen molar-refractivity contribution < 1.29 is 14.1 Å². The number of ether oxygens (including phenoxy) is 1. The van der Waals surface area contributed by atoms with E-state index in [-0.39, 0.29) is 6.61 Å². The number of thiocarbonyl (C=S) groups is 1. The Bertz CT molecular complexity index is 521. The van der Waals surface area contributed by atoms with Crippen LogP contribution in [0.3, 0.4) is 0 Å². The number of allylic oxidation sites excluding steroid dienone is 1. The number of hydrogen-bond acceptors (Lipinski definition) is 5. The van der Waals surface area contributed by atoms with Crippen LogP contribution >= 0.6 is 12.2 Å². The van der Waals surface area contributed by atoms with Crippen LogP contribution in [-0.2, 0) is 16.1 Å². The summed E-state index contributed by atoms with van der Waals surface area (Å²) in [5, 5.41) is 10.0. The van der Waals surface area contributed by atoms with Gasteiger partial charge in [0, 0.05) is 11.8 Å². The number of nitrogens with zero attached hydrogens (tertiary/aromatic N) is 1. The number of carbonyl (C=O) groups is 1. The summed E-state index contributed by atoms with van der Waals surface area (Å²) in [6, 6.07) is 1.72. The van der Waals surface area contributed by atoms with E-state index in [0.29, 0.717) is 34.4 Å². The van der Waals surface area contributed by atoms with Crippen molar-refractivity contribution in [1.29, 1.82) is 0 Å². The summed E-state index contributed by atoms with van der Waals surface area (Å²) in [5.41, 5.74) is 1.83. The van der Waals surface area contributed by atoms with Crippen molar-refractivity contribution in [3.8, 4) is 0 Å². The highest BCUT2D eigenvalue weighted by Gasteiger charge is 2.19. The lowest BCUT2D eigenvalue weighted by Gasteiger charge is -2.20. The maximum Gasteiger partial charge on any atom is 0.337 e. The normalized spacial score (nSPS) is 15.1. The molecule has 0 atom stereocenters. The molecule has 0 bridgehead atoms. The van der Waals surface area contributed by atoms with Crippen molar-refractivity contribution in [3.05, 3.63) is 28.8 Å². The van der Waals surface area contributed by atoms with E-state index < -0.39 is 5.97 Å². The number of rotatable bonds is 3. The average Bonchev–Trinajstić information content (AvgIpc) is 2.72. The first-order valence-electron chi connectivity index (χ1n) is 5.40. The molecule has 0 radical (unpaired) electrons. The second kappa shape index (κ2) is 5.18. The molecular formula is C11H13N3O3S. The third-order valence-corrected chi connectivity index (χ3v) is 2.70. The van der Waals surface area contributed by atoms with Gasteiger partial charge in [0.25, 0.3) is 0 Å². The van der Waals surface area contributed by atoms with Gasteiger partial charge in [-0.3, -0.25) is 0 Å². The Morgan fingerprint density at radius 3 is 3.00 bits per heavy atom. The van der Waals surface area contributed by atoms with Crippen molar-refractivity contribution in [1.82, 2.24) is 15.8 Å². The van der Waals surface area contributed by atoms with E-state index >= 15 is 0 Å². The maximum atomic E-state index is 11.8. The molecule has 2 rings (SSSR count). The highest BCUT2D eigenvalue weighted by Crippen LogP contribution is 2.09. The summed E-state index contributed by atoms with van der Waals surface area (Å²) in [4.78, 5) is 11.8. The summed E-state index contributed by atoms with van der Waals surface area (Å²) >= 11 is 4.94. The van der Waals surface area contributed by atoms with Crippen LogP contribution in [0.5, 0.6) is 0 Å². The molecule has 0 saturated heterocycles. The Morgan fingerprint density at radius 2 is 2.39 bits per heavy atom. The third-order valence-electron chi connectivity index (χ3n) is 2.45. The number of hydrogen-bond donors (Lipinski definition) is 2. The number of esters is 1. The van der Waals surface area contributed by atoms with Crippen molar-refractivity contribution in [2.75, 3.05) is 6.54 Å². The summed E-state index contributed by atoms with van der Waals surface area (Å²) in [5.74, 6) is 0.290. The molecule has 2 N–H and O–H groups in total. The third kappa shape index (κ3) is 2.86. The van der Waals surface area contributed by atoms with Crippen molar-refractivity contribution in [2.24, 2.45) is 0 Å². The fraction of sp³-hybridized carbons (Fsp3) is 0.364. The number of nitrogens with one attached hydrogen (secondary N) is 2. The lowest BCUT2D eigenvalue weighted by molar-refractivity contribution is -0.140. The second-order valence-corrected chi connectivity index (χ2v) is 4.32. The van der Waals surface area contributed by atoms with E-state index in [2.05, 4.69) is 15.8 Å². The number of carbonyl (C=O) groups excluding carboxylic acids is 1. The fourth-order valence-electron chi connectivity index (χ4n) is 1.53. The molecule has 0 aliphatic carbocycles. The first kappa shape index (κ1) is 12.6. The quantitative estimate of drug-likeness (QED) is 0.619. The summed E-state index contributed by atoms with van der Waals surface area (Å²) in [7, 11) is 0. The average molecular weight is 267 g/mol. The smallest absolute Gasteiger partial charge is 0.337 e. The summed E-state index contributed by atoms with van der Waals surface area (Å²) in [6.07, 6.45) is 0. The molecular weight excluding hydrogens is 254 g/mol. The standard InChI is InChI=1S/C11H13N3O3S/c1-6-3-8(14-17-6)5-16-10(15)9-4-12-11(18)13-7(9)2/h3H,4-5H2,1-2H3,(H2,12,13,18). The van der Waals surface area contributed by atoms with Gasteiger partial charge in [0.1, 0.15) is 18.1 Å². The number of aromatic nitrogens is 1. The largest absolute Gasteiger partial charge is 0.456 e. The molecule has 0 saturated carbocycles. The first-order valence-corrected chi connectivity index (χ1v) is 5.81. The first-order chi connectivity index (χ1) is 8.56. The molecule has 1 aliphatic heterocycles. The molecule has 6 nitrogen and oxygen atoms in total. The van der Waals surface area contributed by atoms with E-state index in [1.165, 1.54) is 0 Å². The molecule has 18 heavy (non-hydrogen) atoms. The molecule has 0 unspecified atom stereocenters. The Balaban J connectivity index is 1.96. The van der Waals surface area contributed by atoms with Crippen molar-refractivity contribution >= 4 is 23.3 Å². The summed E-state index contributed by atoms with van der Waals surface area (Å²) in [6.45, 7) is 4.02. The van der Waals surface area contributed by atoms with E-state index in [4.69, 9.17) is 21.5 Å². The highest BCUT2D eigenvalue weighted by atomic mass is 32.1. The van der Waals surface area contributed by atoms with Gasteiger partial charge in [0.2, 0.25) is 0 Å². The molecule has 0 amide bonds. The van der Waals surface area contributed by atoms with Crippen LogP contribution < -0.4 is 10.6 Å². The van der Waals surface area contributed by atoms with Crippen LogP contribution in [0.25, 0.3) is 0 Å². The Kier molecular flexibility index (Phi) is 3.61. The van der Waals surface area contributed by atoms with Gasteiger partial charge in [-0.2, -0.15) is 0 Å². The molecule has 0 aromatic carbocycles. The highest BCUT2D eigenvalue weighted by molar-refractivity contribution is 7.80. The van der Waals surface area contributed by atoms with Crippen molar-refractivity contribution in [2.45, 2.75) is 20.5 Å². The minimum atomic E-state index is -0.393. The maximum absolute atomic E-state index is 11.8. The van der Waals surface area contributed by atoms with Crippen LogP contribution in [-0.4, -0.2) is 22.8 Å². The molecule has 1 aromatic rings. The zero-order valence-electron chi connectivity index (χ0n) is 10.1. The van der Waals surface area contributed by atoms with Gasteiger partial charge >= 0.3 is 5.97 Å². The van der Waals surface area contributed by atoms with E-state index in [0.717, 1.165) is 0 Å². The van der Waals surface area contributed by atoms with Gasteiger partial charge < -0.3 is 19.9 Å². The Morgan fingerprint density at radius 1 is 1.61 bits per heavy atom. The predicted octanol–water partition coefficient (Wildman–Crippen LogP) is 0.778. The van der Waals surface area contributed by atoms with Crippen LogP contribution in [0.2, 0.25) is 0 Å². The fourth-order valence-corrected chi connectivity index (χ4v) is 1.75. The Labute approximate surface area is 109 Å². The van der Waals surface area contributed by atoms with E-state index in [1.807, 2.05) is 0 Å². The summed E-state index contributed by atoms with van der Waals surface area (Å²) < 4.78 is 10.0. The van der Waals surface area contributed by atoms with Crippen LogP contribution in [0.4, 0.5) is 0 Å². The minimum Gasteiger partial charge on any atom is -0.456 e. The Hall–Kier alpha value is -1.89. The van der Waals surface area contributed by atoms with E-state index in [1.54, 1.807) is 19.9 Å². The lowest BCUT2D eigenvalue weighted by atomic mass is 10.2. The van der Waals surface area contributed by atoms with Gasteiger partial charge in [-0.1, -0.05) is 5.16 Å². The molecule has 7 heteroatoms. The van der Waals surface area contributed by atoms with Crippen LogP contribution in [0, 0.1) is 6.92 Å². The van der Waals surface area contributed by atoms with Crippen LogP contribution in [0.15, 0.2) is 21.9 Å². The topological polar surface area (TPSA) is 76.4 Å². The van der Waals surface area contributed by atoms with Gasteiger partial charge in [0.15, 0.2) is 5.11 Å². The predicted molar refractivity (Wildman–Crippen MR) is 67.5 cm³/mol. The van der Waals surface area contributed by atoms with Crippen LogP contribution in [0.1, 0.15) is 18.4 Å². The van der Waals surface area contributed by atoms with Gasteiger partial charge in [-0.05, 0) is 26.1 Å². The van der Waals surface area contributed by atoms with E-state index in [9.17, 15) is 4.79 Å². The zero-order chi connectivity index (χ0) is 13.1. The second-order valence-electron chi connectivity index (χ2n) is 3.92. The molecule has 0 fully saturated rings. The van der Waals surface area contributed by atoms with Gasteiger partial charge in [0.05, 0.1) is 12.1 Å². The lowest BCUT2D eigenvalue weighted by Crippen LogP contribution is -2.42. The van der Waals surface area contributed by atoms with Gasteiger partial charge in [-0.25, -0.2) is 4.79 Å². The number of aryl methyl sites for hydroxylation is 1. The monoisotopic (exact) mass is 267 g/mol. The van der Waals surface area contributed by atoms with Crippen molar-refractivity contribution in [3.63, 3.8) is 0 Å². The van der Waals surface area contributed by atoms with Gasteiger partial charge in [-0.15, -0.1) is 0 Å². The zero-order valence-corrected chi connectivity index (χ0v) is 10.9. The SMILES string of the molecule is CC1=C(C(=O)OCc2cc(C)on2)CNC(=S)N1. The molecule has 1 aliphatic rings. The molecule has 96 valence electrons.